The lowest BCUT2D eigenvalue weighted by molar-refractivity contribution is -0.136. The Hall–Kier alpha value is -3.75. The predicted octanol–water partition coefficient (Wildman–Crippen LogP) is 1.66. The van der Waals surface area contributed by atoms with Crippen molar-refractivity contribution in [3.05, 3.63) is 53.3 Å². The van der Waals surface area contributed by atoms with Crippen molar-refractivity contribution in [2.45, 2.75) is 31.8 Å². The minimum absolute atomic E-state index is 0.0785. The van der Waals surface area contributed by atoms with Crippen LogP contribution in [0.4, 0.5) is 5.69 Å². The Morgan fingerprint density at radius 2 is 1.97 bits per heavy atom. The number of benzene rings is 1. The van der Waals surface area contributed by atoms with Crippen LogP contribution in [0.15, 0.2) is 36.5 Å². The van der Waals surface area contributed by atoms with Gasteiger partial charge in [0.2, 0.25) is 11.8 Å². The van der Waals surface area contributed by atoms with Gasteiger partial charge in [-0.05, 0) is 37.6 Å². The third kappa shape index (κ3) is 3.28. The maximum atomic E-state index is 13.1. The van der Waals surface area contributed by atoms with Gasteiger partial charge in [0.15, 0.2) is 0 Å². The van der Waals surface area contributed by atoms with Crippen LogP contribution in [0.5, 0.6) is 5.75 Å². The molecule has 1 fully saturated rings. The Morgan fingerprint density at radius 3 is 2.63 bits per heavy atom. The van der Waals surface area contributed by atoms with E-state index in [1.165, 1.54) is 0 Å². The molecule has 0 spiro atoms. The van der Waals surface area contributed by atoms with E-state index in [-0.39, 0.29) is 30.0 Å². The minimum atomic E-state index is -0.997. The van der Waals surface area contributed by atoms with Crippen molar-refractivity contribution >= 4 is 29.3 Å². The molecule has 9 heteroatoms. The number of hydrogen-bond donors (Lipinski definition) is 2. The molecule has 4 rings (SSSR count). The number of rotatable bonds is 5. The first-order valence-electron chi connectivity index (χ1n) is 9.51. The molecule has 2 aliphatic rings. The normalized spacial score (nSPS) is 19.4. The lowest BCUT2D eigenvalue weighted by Gasteiger charge is -2.27. The van der Waals surface area contributed by atoms with Crippen LogP contribution in [0, 0.1) is 0 Å². The second-order valence-corrected chi connectivity index (χ2v) is 7.16. The van der Waals surface area contributed by atoms with Gasteiger partial charge in [0.1, 0.15) is 11.8 Å². The van der Waals surface area contributed by atoms with Gasteiger partial charge in [-0.2, -0.15) is 0 Å². The first kappa shape index (κ1) is 19.6. The molecule has 2 N–H and O–H groups in total. The van der Waals surface area contributed by atoms with E-state index in [1.54, 1.807) is 37.6 Å². The number of aromatic nitrogens is 1. The number of fused-ring (bicyclic) bond motifs is 1. The number of piperidine rings is 1. The molecule has 2 aromatic rings. The summed E-state index contributed by atoms with van der Waals surface area (Å²) in [6.45, 7) is 1.88. The van der Waals surface area contributed by atoms with Crippen LogP contribution in [-0.4, -0.2) is 46.7 Å². The van der Waals surface area contributed by atoms with E-state index in [9.17, 15) is 19.2 Å². The zero-order chi connectivity index (χ0) is 21.4. The molecule has 2 atom stereocenters. The first-order valence-corrected chi connectivity index (χ1v) is 9.51. The van der Waals surface area contributed by atoms with Crippen LogP contribution in [0.1, 0.15) is 52.2 Å². The number of carbonyl (C=O) groups excluding carboxylic acids is 4. The summed E-state index contributed by atoms with van der Waals surface area (Å²) in [7, 11) is 1.56. The number of imide groups is 2. The molecular formula is C21H20N4O5. The maximum Gasteiger partial charge on any atom is 0.264 e. The van der Waals surface area contributed by atoms with Crippen molar-refractivity contribution in [3.63, 3.8) is 0 Å². The molecule has 1 aromatic carbocycles. The molecule has 30 heavy (non-hydrogen) atoms. The number of nitrogens with zero attached hydrogens (tertiary/aromatic N) is 2. The van der Waals surface area contributed by atoms with E-state index >= 15 is 0 Å². The van der Waals surface area contributed by atoms with Gasteiger partial charge in [0.25, 0.3) is 11.8 Å². The quantitative estimate of drug-likeness (QED) is 0.723. The van der Waals surface area contributed by atoms with Gasteiger partial charge in [0, 0.05) is 12.1 Å². The molecule has 1 saturated heterocycles. The molecule has 0 bridgehead atoms. The minimum Gasteiger partial charge on any atom is -0.495 e. The van der Waals surface area contributed by atoms with Crippen molar-refractivity contribution in [1.29, 1.82) is 0 Å². The highest BCUT2D eigenvalue weighted by atomic mass is 16.5. The molecule has 4 amide bonds. The molecular weight excluding hydrogens is 388 g/mol. The van der Waals surface area contributed by atoms with Gasteiger partial charge in [-0.1, -0.05) is 6.07 Å². The van der Waals surface area contributed by atoms with Crippen molar-refractivity contribution < 1.29 is 23.9 Å². The van der Waals surface area contributed by atoms with E-state index < -0.39 is 29.7 Å². The van der Waals surface area contributed by atoms with Crippen LogP contribution in [0.2, 0.25) is 0 Å². The number of anilines is 1. The van der Waals surface area contributed by atoms with E-state index in [0.29, 0.717) is 11.4 Å². The summed E-state index contributed by atoms with van der Waals surface area (Å²) in [5.41, 5.74) is 1.65. The summed E-state index contributed by atoms with van der Waals surface area (Å²) in [6.07, 6.45) is 1.79. The number of methoxy groups -OCH3 is 1. The first-order chi connectivity index (χ1) is 14.4. The molecule has 9 nitrogen and oxygen atoms in total. The summed E-state index contributed by atoms with van der Waals surface area (Å²) in [5.74, 6) is -1.50. The van der Waals surface area contributed by atoms with Crippen molar-refractivity contribution in [3.8, 4) is 5.75 Å². The highest BCUT2D eigenvalue weighted by molar-refractivity contribution is 6.25. The Bertz CT molecular complexity index is 1050. The summed E-state index contributed by atoms with van der Waals surface area (Å²) < 4.78 is 5.11. The summed E-state index contributed by atoms with van der Waals surface area (Å²) in [4.78, 5) is 55.0. The lowest BCUT2D eigenvalue weighted by atomic mass is 10.0. The topological polar surface area (TPSA) is 118 Å². The third-order valence-electron chi connectivity index (χ3n) is 5.28. The Kier molecular flexibility index (Phi) is 4.94. The van der Waals surface area contributed by atoms with Crippen molar-refractivity contribution in [2.75, 3.05) is 12.4 Å². The van der Waals surface area contributed by atoms with Crippen LogP contribution in [0.25, 0.3) is 0 Å². The van der Waals surface area contributed by atoms with Gasteiger partial charge in [0.05, 0.1) is 36.2 Å². The summed E-state index contributed by atoms with van der Waals surface area (Å²) in [5, 5.41) is 5.42. The average molecular weight is 408 g/mol. The fraction of sp³-hybridized carbons (Fsp3) is 0.286. The number of hydrogen-bond acceptors (Lipinski definition) is 7. The van der Waals surface area contributed by atoms with E-state index in [2.05, 4.69) is 15.6 Å². The second-order valence-electron chi connectivity index (χ2n) is 7.16. The van der Waals surface area contributed by atoms with E-state index in [1.807, 2.05) is 13.0 Å². The van der Waals surface area contributed by atoms with Crippen molar-refractivity contribution in [1.82, 2.24) is 15.2 Å². The van der Waals surface area contributed by atoms with Crippen molar-refractivity contribution in [2.24, 2.45) is 0 Å². The predicted molar refractivity (Wildman–Crippen MR) is 106 cm³/mol. The Labute approximate surface area is 172 Å². The molecule has 3 heterocycles. The van der Waals surface area contributed by atoms with Crippen LogP contribution in [-0.2, 0) is 9.59 Å². The summed E-state index contributed by atoms with van der Waals surface area (Å²) in [6, 6.07) is 7.28. The van der Waals surface area contributed by atoms with E-state index in [4.69, 9.17) is 4.74 Å². The van der Waals surface area contributed by atoms with E-state index in [0.717, 1.165) is 10.6 Å². The third-order valence-corrected chi connectivity index (χ3v) is 5.28. The highest BCUT2D eigenvalue weighted by Gasteiger charge is 2.45. The van der Waals surface area contributed by atoms with Gasteiger partial charge >= 0.3 is 0 Å². The number of nitrogens with one attached hydrogen (secondary N) is 2. The Balaban J connectivity index is 1.61. The molecule has 2 aliphatic heterocycles. The van der Waals surface area contributed by atoms with Crippen LogP contribution < -0.4 is 15.4 Å². The molecule has 1 unspecified atom stereocenters. The smallest absolute Gasteiger partial charge is 0.264 e. The molecule has 0 radical (unpaired) electrons. The molecule has 154 valence electrons. The van der Waals surface area contributed by atoms with Gasteiger partial charge in [-0.15, -0.1) is 0 Å². The van der Waals surface area contributed by atoms with Gasteiger partial charge in [-0.25, -0.2) is 0 Å². The average Bonchev–Trinajstić information content (AvgIpc) is 2.99. The highest BCUT2D eigenvalue weighted by Crippen LogP contribution is 2.33. The fourth-order valence-electron chi connectivity index (χ4n) is 3.71. The fourth-order valence-corrected chi connectivity index (χ4v) is 3.71. The van der Waals surface area contributed by atoms with Crippen LogP contribution >= 0.6 is 0 Å². The maximum absolute atomic E-state index is 13.1. The largest absolute Gasteiger partial charge is 0.495 e. The standard InChI is InChI=1S/C21H20N4O5/c1-11(14-7-6-12(30-2)10-22-14)23-15-5-3-4-13-18(15)21(29)25(20(13)28)16-8-9-17(26)24-19(16)27/h3-7,10-11,16,23H,8-9H2,1-2H3,(H,24,26,27)/t11-,16?/m0/s1. The lowest BCUT2D eigenvalue weighted by Crippen LogP contribution is -2.54. The SMILES string of the molecule is COc1ccc([C@H](C)Nc2cccc3c2C(=O)N(C2CCC(=O)NC2=O)C3=O)nc1. The zero-order valence-corrected chi connectivity index (χ0v) is 16.5. The molecule has 0 aliphatic carbocycles. The number of pyridine rings is 1. The number of amides is 4. The van der Waals surface area contributed by atoms with Gasteiger partial charge in [-0.3, -0.25) is 34.4 Å². The van der Waals surface area contributed by atoms with Gasteiger partial charge < -0.3 is 10.1 Å². The van der Waals surface area contributed by atoms with Crippen LogP contribution in [0.3, 0.4) is 0 Å². The number of ether oxygens (including phenoxy) is 1. The monoisotopic (exact) mass is 408 g/mol. The zero-order valence-electron chi connectivity index (χ0n) is 16.5. The second kappa shape index (κ2) is 7.58. The summed E-state index contributed by atoms with van der Waals surface area (Å²) >= 11 is 0. The Morgan fingerprint density at radius 1 is 1.17 bits per heavy atom. The molecule has 0 saturated carbocycles. The number of carbonyl (C=O) groups is 4. The molecule has 1 aromatic heterocycles.